The molecule has 140 valence electrons. The van der Waals surface area contributed by atoms with E-state index in [2.05, 4.69) is 15.5 Å². The van der Waals surface area contributed by atoms with Crippen molar-refractivity contribution in [2.45, 2.75) is 5.22 Å². The van der Waals surface area contributed by atoms with Gasteiger partial charge < -0.3 is 14.5 Å². The predicted octanol–water partition coefficient (Wildman–Crippen LogP) is 5.44. The average Bonchev–Trinajstić information content (AvgIpc) is 3.13. The van der Waals surface area contributed by atoms with Crippen molar-refractivity contribution < 1.29 is 13.9 Å². The van der Waals surface area contributed by atoms with Gasteiger partial charge in [0.25, 0.3) is 11.1 Å². The zero-order chi connectivity index (χ0) is 19.4. The molecule has 1 amide bonds. The topological polar surface area (TPSA) is 77.2 Å². The summed E-state index contributed by atoms with van der Waals surface area (Å²) in [5.41, 5.74) is 1.00. The van der Waals surface area contributed by atoms with Crippen LogP contribution >= 0.6 is 46.6 Å². The summed E-state index contributed by atoms with van der Waals surface area (Å²) >= 11 is 19.1. The standard InChI is InChI=1S/C17H12Cl3N3O3S/c1-25-13-6-5-9(18)7-10(13)16-22-23-17(26-16)27-8-14(24)21-12-4-2-3-11(19)15(12)20/h2-7H,8H2,1H3,(H,21,24). The molecule has 0 aliphatic carbocycles. The molecular formula is C17H12Cl3N3O3S. The van der Waals surface area contributed by atoms with Crippen LogP contribution in [0, 0.1) is 0 Å². The van der Waals surface area contributed by atoms with Gasteiger partial charge in [-0.1, -0.05) is 52.6 Å². The lowest BCUT2D eigenvalue weighted by Crippen LogP contribution is -2.14. The number of nitrogens with one attached hydrogen (secondary N) is 1. The molecule has 0 atom stereocenters. The van der Waals surface area contributed by atoms with E-state index in [1.807, 2.05) is 0 Å². The fourth-order valence-corrected chi connectivity index (χ4v) is 3.22. The van der Waals surface area contributed by atoms with Gasteiger partial charge in [-0.3, -0.25) is 4.79 Å². The van der Waals surface area contributed by atoms with Gasteiger partial charge in [0.2, 0.25) is 5.91 Å². The molecular weight excluding hydrogens is 433 g/mol. The summed E-state index contributed by atoms with van der Waals surface area (Å²) in [6, 6.07) is 10.1. The molecule has 0 radical (unpaired) electrons. The molecule has 1 N–H and O–H groups in total. The van der Waals surface area contributed by atoms with Crippen molar-refractivity contribution in [3.05, 3.63) is 51.5 Å². The first-order valence-corrected chi connectivity index (χ1v) is 9.64. The van der Waals surface area contributed by atoms with Gasteiger partial charge in [0, 0.05) is 5.02 Å². The highest BCUT2D eigenvalue weighted by Gasteiger charge is 2.16. The third-order valence-electron chi connectivity index (χ3n) is 3.35. The van der Waals surface area contributed by atoms with E-state index in [4.69, 9.17) is 44.0 Å². The Bertz CT molecular complexity index is 981. The average molecular weight is 445 g/mol. The highest BCUT2D eigenvalue weighted by atomic mass is 35.5. The van der Waals surface area contributed by atoms with E-state index in [9.17, 15) is 4.79 Å². The molecule has 1 heterocycles. The summed E-state index contributed by atoms with van der Waals surface area (Å²) in [5.74, 6) is 0.560. The number of benzene rings is 2. The number of rotatable bonds is 6. The zero-order valence-corrected chi connectivity index (χ0v) is 16.9. The second-order valence-corrected chi connectivity index (χ2v) is 7.30. The molecule has 27 heavy (non-hydrogen) atoms. The Morgan fingerprint density at radius 1 is 1.22 bits per heavy atom. The number of thioether (sulfide) groups is 1. The number of amides is 1. The number of nitrogens with zero attached hydrogens (tertiary/aromatic N) is 2. The molecule has 2 aromatic carbocycles. The molecule has 0 aliphatic rings. The van der Waals surface area contributed by atoms with Crippen molar-refractivity contribution in [1.82, 2.24) is 10.2 Å². The number of carbonyl (C=O) groups excluding carboxylic acids is 1. The highest BCUT2D eigenvalue weighted by Crippen LogP contribution is 2.33. The van der Waals surface area contributed by atoms with Gasteiger partial charge in [-0.05, 0) is 30.3 Å². The van der Waals surface area contributed by atoms with Crippen LogP contribution in [-0.4, -0.2) is 29.0 Å². The van der Waals surface area contributed by atoms with Crippen LogP contribution in [0.15, 0.2) is 46.0 Å². The molecule has 0 fully saturated rings. The van der Waals surface area contributed by atoms with Crippen LogP contribution in [0.4, 0.5) is 5.69 Å². The number of hydrogen-bond donors (Lipinski definition) is 1. The summed E-state index contributed by atoms with van der Waals surface area (Å²) < 4.78 is 10.9. The van der Waals surface area contributed by atoms with E-state index in [1.54, 1.807) is 36.4 Å². The highest BCUT2D eigenvalue weighted by molar-refractivity contribution is 7.99. The Kier molecular flexibility index (Phi) is 6.49. The Morgan fingerprint density at radius 2 is 2.04 bits per heavy atom. The third kappa shape index (κ3) is 4.87. The van der Waals surface area contributed by atoms with E-state index < -0.39 is 0 Å². The fourth-order valence-electron chi connectivity index (χ4n) is 2.14. The summed E-state index contributed by atoms with van der Waals surface area (Å²) in [7, 11) is 1.53. The lowest BCUT2D eigenvalue weighted by atomic mass is 10.2. The van der Waals surface area contributed by atoms with Crippen LogP contribution in [0.3, 0.4) is 0 Å². The van der Waals surface area contributed by atoms with E-state index in [1.165, 1.54) is 7.11 Å². The van der Waals surface area contributed by atoms with Gasteiger partial charge in [0.1, 0.15) is 5.75 Å². The lowest BCUT2D eigenvalue weighted by Gasteiger charge is -2.07. The minimum Gasteiger partial charge on any atom is -0.496 e. The molecule has 3 aromatic rings. The van der Waals surface area contributed by atoms with Crippen LogP contribution < -0.4 is 10.1 Å². The molecule has 0 saturated carbocycles. The molecule has 10 heteroatoms. The summed E-state index contributed by atoms with van der Waals surface area (Å²) in [6.45, 7) is 0. The maximum absolute atomic E-state index is 12.1. The monoisotopic (exact) mass is 443 g/mol. The van der Waals surface area contributed by atoms with Crippen LogP contribution in [-0.2, 0) is 4.79 Å². The second kappa shape index (κ2) is 8.84. The largest absolute Gasteiger partial charge is 0.496 e. The number of aromatic nitrogens is 2. The van der Waals surface area contributed by atoms with Crippen molar-refractivity contribution in [3.63, 3.8) is 0 Å². The summed E-state index contributed by atoms with van der Waals surface area (Å²) in [6.07, 6.45) is 0. The minimum absolute atomic E-state index is 0.0527. The summed E-state index contributed by atoms with van der Waals surface area (Å²) in [5, 5.41) is 12.0. The third-order valence-corrected chi connectivity index (χ3v) is 5.22. The zero-order valence-electron chi connectivity index (χ0n) is 13.8. The smallest absolute Gasteiger partial charge is 0.277 e. The van der Waals surface area contributed by atoms with Crippen LogP contribution in [0.2, 0.25) is 15.1 Å². The van der Waals surface area contributed by atoms with Crippen molar-refractivity contribution >= 4 is 58.2 Å². The maximum Gasteiger partial charge on any atom is 0.277 e. The molecule has 1 aromatic heterocycles. The summed E-state index contributed by atoms with van der Waals surface area (Å²) in [4.78, 5) is 12.1. The van der Waals surface area contributed by atoms with Crippen LogP contribution in [0.5, 0.6) is 5.75 Å². The Balaban J connectivity index is 1.65. The number of carbonyl (C=O) groups is 1. The number of halogens is 3. The van der Waals surface area contributed by atoms with Crippen LogP contribution in [0.1, 0.15) is 0 Å². The first kappa shape index (κ1) is 19.8. The Morgan fingerprint density at radius 3 is 2.81 bits per heavy atom. The van der Waals surface area contributed by atoms with Crippen molar-refractivity contribution in [2.24, 2.45) is 0 Å². The Hall–Kier alpha value is -1.93. The van der Waals surface area contributed by atoms with Gasteiger partial charge in [0.15, 0.2) is 0 Å². The Labute approximate surface area is 174 Å². The number of methoxy groups -OCH3 is 1. The second-order valence-electron chi connectivity index (χ2n) is 5.16. The molecule has 0 saturated heterocycles. The van der Waals surface area contributed by atoms with E-state index >= 15 is 0 Å². The number of anilines is 1. The molecule has 6 nitrogen and oxygen atoms in total. The van der Waals surface area contributed by atoms with Gasteiger partial charge in [-0.15, -0.1) is 10.2 Å². The molecule has 3 rings (SSSR count). The van der Waals surface area contributed by atoms with Crippen molar-refractivity contribution in [1.29, 1.82) is 0 Å². The lowest BCUT2D eigenvalue weighted by molar-refractivity contribution is -0.113. The number of hydrogen-bond acceptors (Lipinski definition) is 6. The van der Waals surface area contributed by atoms with Crippen molar-refractivity contribution in [3.8, 4) is 17.2 Å². The first-order valence-electron chi connectivity index (χ1n) is 7.52. The van der Waals surface area contributed by atoms with E-state index in [0.717, 1.165) is 11.8 Å². The number of ether oxygens (including phenoxy) is 1. The maximum atomic E-state index is 12.1. The van der Waals surface area contributed by atoms with Crippen LogP contribution in [0.25, 0.3) is 11.5 Å². The first-order chi connectivity index (χ1) is 13.0. The quantitative estimate of drug-likeness (QED) is 0.510. The van der Waals surface area contributed by atoms with Gasteiger partial charge in [0.05, 0.1) is 34.2 Å². The fraction of sp³-hybridized carbons (Fsp3) is 0.118. The molecule has 0 unspecified atom stereocenters. The van der Waals surface area contributed by atoms with Crippen molar-refractivity contribution in [2.75, 3.05) is 18.2 Å². The molecule has 0 bridgehead atoms. The molecule has 0 spiro atoms. The normalized spacial score (nSPS) is 10.7. The predicted molar refractivity (Wildman–Crippen MR) is 107 cm³/mol. The van der Waals surface area contributed by atoms with E-state index in [-0.39, 0.29) is 27.8 Å². The minimum atomic E-state index is -0.288. The molecule has 0 aliphatic heterocycles. The van der Waals surface area contributed by atoms with Gasteiger partial charge in [-0.25, -0.2) is 0 Å². The SMILES string of the molecule is COc1ccc(Cl)cc1-c1nnc(SCC(=O)Nc2cccc(Cl)c2Cl)o1. The van der Waals surface area contributed by atoms with Gasteiger partial charge in [-0.2, -0.15) is 0 Å². The van der Waals surface area contributed by atoms with Gasteiger partial charge >= 0.3 is 0 Å². The van der Waals surface area contributed by atoms with E-state index in [0.29, 0.717) is 27.0 Å².